The largest absolute Gasteiger partial charge is 0.477 e. The summed E-state index contributed by atoms with van der Waals surface area (Å²) in [6.45, 7) is 3.02. The van der Waals surface area contributed by atoms with Crippen LogP contribution in [0.15, 0.2) is 48.9 Å². The SMILES string of the molecule is CCCOc1ncccc1CNC(=O)Cc1ccc(-n2cnnn2)cc1. The van der Waals surface area contributed by atoms with Gasteiger partial charge in [-0.25, -0.2) is 9.67 Å². The lowest BCUT2D eigenvalue weighted by atomic mass is 10.1. The first-order chi connectivity index (χ1) is 12.8. The summed E-state index contributed by atoms with van der Waals surface area (Å²) < 4.78 is 7.16. The minimum atomic E-state index is -0.0644. The number of ether oxygens (including phenoxy) is 1. The third-order valence-corrected chi connectivity index (χ3v) is 3.68. The molecule has 0 spiro atoms. The molecule has 2 aromatic heterocycles. The van der Waals surface area contributed by atoms with Crippen LogP contribution in [0.3, 0.4) is 0 Å². The zero-order valence-corrected chi connectivity index (χ0v) is 14.5. The molecule has 0 unspecified atom stereocenters. The first-order valence-electron chi connectivity index (χ1n) is 8.42. The normalized spacial score (nSPS) is 10.5. The van der Waals surface area contributed by atoms with Gasteiger partial charge in [0.15, 0.2) is 0 Å². The van der Waals surface area contributed by atoms with Gasteiger partial charge in [-0.1, -0.05) is 25.1 Å². The second kappa shape index (κ2) is 8.70. The van der Waals surface area contributed by atoms with Gasteiger partial charge in [-0.2, -0.15) is 0 Å². The van der Waals surface area contributed by atoms with Crippen molar-refractivity contribution in [2.45, 2.75) is 26.3 Å². The smallest absolute Gasteiger partial charge is 0.224 e. The van der Waals surface area contributed by atoms with E-state index in [9.17, 15) is 4.79 Å². The predicted octanol–water partition coefficient (Wildman–Crippen LogP) is 1.70. The van der Waals surface area contributed by atoms with Crippen LogP contribution in [0.1, 0.15) is 24.5 Å². The van der Waals surface area contributed by atoms with E-state index in [2.05, 4.69) is 25.8 Å². The minimum Gasteiger partial charge on any atom is -0.477 e. The van der Waals surface area contributed by atoms with Crippen LogP contribution in [0.2, 0.25) is 0 Å². The molecule has 8 heteroatoms. The predicted molar refractivity (Wildman–Crippen MR) is 94.7 cm³/mol. The number of hydrogen-bond donors (Lipinski definition) is 1. The van der Waals surface area contributed by atoms with E-state index in [0.29, 0.717) is 25.5 Å². The molecule has 1 aromatic carbocycles. The van der Waals surface area contributed by atoms with Crippen LogP contribution in [0.5, 0.6) is 5.88 Å². The summed E-state index contributed by atoms with van der Waals surface area (Å²) in [6, 6.07) is 11.2. The van der Waals surface area contributed by atoms with Gasteiger partial charge in [0.25, 0.3) is 0 Å². The molecule has 0 saturated heterocycles. The fourth-order valence-corrected chi connectivity index (χ4v) is 2.38. The highest BCUT2D eigenvalue weighted by molar-refractivity contribution is 5.78. The van der Waals surface area contributed by atoms with Crippen molar-refractivity contribution in [3.63, 3.8) is 0 Å². The highest BCUT2D eigenvalue weighted by Crippen LogP contribution is 2.14. The number of tetrazole rings is 1. The summed E-state index contributed by atoms with van der Waals surface area (Å²) in [5.74, 6) is 0.505. The van der Waals surface area contributed by atoms with E-state index in [1.165, 1.54) is 6.33 Å². The molecule has 0 aliphatic rings. The Morgan fingerprint density at radius 1 is 1.23 bits per heavy atom. The Morgan fingerprint density at radius 3 is 2.81 bits per heavy atom. The Morgan fingerprint density at radius 2 is 2.08 bits per heavy atom. The first kappa shape index (κ1) is 17.5. The summed E-state index contributed by atoms with van der Waals surface area (Å²) in [4.78, 5) is 16.4. The number of rotatable bonds is 8. The van der Waals surface area contributed by atoms with Crippen LogP contribution in [0.4, 0.5) is 0 Å². The lowest BCUT2D eigenvalue weighted by molar-refractivity contribution is -0.120. The number of hydrogen-bond acceptors (Lipinski definition) is 6. The average molecular weight is 352 g/mol. The van der Waals surface area contributed by atoms with Gasteiger partial charge in [-0.15, -0.1) is 5.10 Å². The number of pyridine rings is 1. The lowest BCUT2D eigenvalue weighted by Gasteiger charge is -2.10. The van der Waals surface area contributed by atoms with E-state index < -0.39 is 0 Å². The van der Waals surface area contributed by atoms with Gasteiger partial charge in [-0.3, -0.25) is 4.79 Å². The molecule has 0 atom stereocenters. The van der Waals surface area contributed by atoms with Crippen molar-refractivity contribution in [1.82, 2.24) is 30.5 Å². The molecule has 134 valence electrons. The third kappa shape index (κ3) is 4.62. The second-order valence-corrected chi connectivity index (χ2v) is 5.69. The van der Waals surface area contributed by atoms with E-state index in [-0.39, 0.29) is 5.91 Å². The van der Waals surface area contributed by atoms with Crippen molar-refractivity contribution >= 4 is 5.91 Å². The molecule has 8 nitrogen and oxygen atoms in total. The van der Waals surface area contributed by atoms with E-state index in [4.69, 9.17) is 4.74 Å². The molecule has 0 aliphatic carbocycles. The molecule has 1 amide bonds. The molecule has 3 rings (SSSR count). The summed E-state index contributed by atoms with van der Waals surface area (Å²) in [5, 5.41) is 13.9. The molecule has 0 aliphatic heterocycles. The summed E-state index contributed by atoms with van der Waals surface area (Å²) in [7, 11) is 0. The minimum absolute atomic E-state index is 0.0644. The summed E-state index contributed by atoms with van der Waals surface area (Å²) >= 11 is 0. The number of carbonyl (C=O) groups excluding carboxylic acids is 1. The first-order valence-corrected chi connectivity index (χ1v) is 8.42. The van der Waals surface area contributed by atoms with Crippen molar-refractivity contribution in [3.05, 3.63) is 60.0 Å². The molecule has 1 N–H and O–H groups in total. The summed E-state index contributed by atoms with van der Waals surface area (Å²) in [6.07, 6.45) is 4.40. The van der Waals surface area contributed by atoms with Crippen molar-refractivity contribution in [3.8, 4) is 11.6 Å². The molecule has 0 radical (unpaired) electrons. The zero-order valence-electron chi connectivity index (χ0n) is 14.5. The number of amides is 1. The number of aromatic nitrogens is 5. The van der Waals surface area contributed by atoms with E-state index in [1.54, 1.807) is 10.9 Å². The standard InChI is InChI=1S/C18H20N6O2/c1-2-10-26-18-15(4-3-9-19-18)12-20-17(25)11-14-5-7-16(8-6-14)24-13-21-22-23-24/h3-9,13H,2,10-12H2,1H3,(H,20,25). The lowest BCUT2D eigenvalue weighted by Crippen LogP contribution is -2.25. The number of nitrogens with one attached hydrogen (secondary N) is 1. The van der Waals surface area contributed by atoms with E-state index in [0.717, 1.165) is 23.2 Å². The quantitative estimate of drug-likeness (QED) is 0.663. The Labute approximate surface area is 151 Å². The van der Waals surface area contributed by atoms with Crippen LogP contribution in [0, 0.1) is 0 Å². The van der Waals surface area contributed by atoms with Gasteiger partial charge in [0.1, 0.15) is 6.33 Å². The third-order valence-electron chi connectivity index (χ3n) is 3.68. The van der Waals surface area contributed by atoms with Gasteiger partial charge in [-0.05, 0) is 40.6 Å². The van der Waals surface area contributed by atoms with Gasteiger partial charge in [0.2, 0.25) is 11.8 Å². The Bertz CT molecular complexity index is 833. The topological polar surface area (TPSA) is 94.8 Å². The molecule has 2 heterocycles. The van der Waals surface area contributed by atoms with Crippen LogP contribution < -0.4 is 10.1 Å². The van der Waals surface area contributed by atoms with Crippen LogP contribution in [-0.4, -0.2) is 37.7 Å². The van der Waals surface area contributed by atoms with Crippen molar-refractivity contribution in [2.24, 2.45) is 0 Å². The molecule has 26 heavy (non-hydrogen) atoms. The maximum absolute atomic E-state index is 12.2. The van der Waals surface area contributed by atoms with Gasteiger partial charge >= 0.3 is 0 Å². The monoisotopic (exact) mass is 352 g/mol. The maximum Gasteiger partial charge on any atom is 0.224 e. The fourth-order valence-electron chi connectivity index (χ4n) is 2.38. The number of carbonyl (C=O) groups is 1. The highest BCUT2D eigenvalue weighted by Gasteiger charge is 2.08. The zero-order chi connectivity index (χ0) is 18.2. The highest BCUT2D eigenvalue weighted by atomic mass is 16.5. The van der Waals surface area contributed by atoms with E-state index >= 15 is 0 Å². The van der Waals surface area contributed by atoms with Crippen LogP contribution in [0.25, 0.3) is 5.69 Å². The number of benzene rings is 1. The van der Waals surface area contributed by atoms with E-state index in [1.807, 2.05) is 43.3 Å². The number of nitrogens with zero attached hydrogens (tertiary/aromatic N) is 5. The molecular weight excluding hydrogens is 332 g/mol. The van der Waals surface area contributed by atoms with Crippen molar-refractivity contribution in [1.29, 1.82) is 0 Å². The average Bonchev–Trinajstić information content (AvgIpc) is 3.21. The van der Waals surface area contributed by atoms with Crippen molar-refractivity contribution in [2.75, 3.05) is 6.61 Å². The van der Waals surface area contributed by atoms with Gasteiger partial charge in [0, 0.05) is 18.3 Å². The molecular formula is C18H20N6O2. The van der Waals surface area contributed by atoms with Crippen molar-refractivity contribution < 1.29 is 9.53 Å². The molecule has 0 fully saturated rings. The molecule has 0 saturated carbocycles. The van der Waals surface area contributed by atoms with Crippen LogP contribution >= 0.6 is 0 Å². The van der Waals surface area contributed by atoms with Gasteiger partial charge in [0.05, 0.1) is 18.7 Å². The van der Waals surface area contributed by atoms with Gasteiger partial charge < -0.3 is 10.1 Å². The fraction of sp³-hybridized carbons (Fsp3) is 0.278. The summed E-state index contributed by atoms with van der Waals surface area (Å²) in [5.41, 5.74) is 2.61. The Kier molecular flexibility index (Phi) is 5.87. The maximum atomic E-state index is 12.2. The van der Waals surface area contributed by atoms with Crippen LogP contribution in [-0.2, 0) is 17.8 Å². The second-order valence-electron chi connectivity index (χ2n) is 5.69. The Balaban J connectivity index is 1.55. The molecule has 3 aromatic rings. The Hall–Kier alpha value is -3.29. The molecule has 0 bridgehead atoms.